The van der Waals surface area contributed by atoms with Crippen LogP contribution in [-0.4, -0.2) is 18.5 Å². The van der Waals surface area contributed by atoms with E-state index in [9.17, 15) is 14.4 Å². The van der Waals surface area contributed by atoms with Crippen molar-refractivity contribution < 1.29 is 9.18 Å². The molecule has 1 N–H and O–H groups in total. The predicted molar refractivity (Wildman–Crippen MR) is 110 cm³/mol. The highest BCUT2D eigenvalue weighted by molar-refractivity contribution is 7.16. The van der Waals surface area contributed by atoms with E-state index in [-0.39, 0.29) is 24.3 Å². The highest BCUT2D eigenvalue weighted by Gasteiger charge is 2.26. The zero-order valence-electron chi connectivity index (χ0n) is 16.1. The first-order valence-corrected chi connectivity index (χ1v) is 10.8. The number of thiophene rings is 1. The topological polar surface area (TPSA) is 56.1 Å². The number of amides is 1. The van der Waals surface area contributed by atoms with E-state index in [1.165, 1.54) is 17.4 Å². The summed E-state index contributed by atoms with van der Waals surface area (Å²) in [6.07, 6.45) is 7.07. The number of nitriles is 1. The number of fused-ring (bicyclic) bond motifs is 2. The summed E-state index contributed by atoms with van der Waals surface area (Å²) in [5.74, 6) is -0.367. The Hall–Kier alpha value is -2.39. The lowest BCUT2D eigenvalue weighted by atomic mass is 9.96. The predicted octanol–water partition coefficient (Wildman–Crippen LogP) is 4.81. The van der Waals surface area contributed by atoms with E-state index >= 15 is 0 Å². The number of hydrogen-bond acceptors (Lipinski definition) is 4. The van der Waals surface area contributed by atoms with Gasteiger partial charge in [-0.3, -0.25) is 4.79 Å². The van der Waals surface area contributed by atoms with Crippen LogP contribution in [0.2, 0.25) is 0 Å². The smallest absolute Gasteiger partial charge is 0.244 e. The van der Waals surface area contributed by atoms with Crippen molar-refractivity contribution in [2.45, 2.75) is 57.9 Å². The molecular weight excluding hydrogens is 373 g/mol. The van der Waals surface area contributed by atoms with Crippen LogP contribution >= 0.6 is 11.3 Å². The summed E-state index contributed by atoms with van der Waals surface area (Å²) in [7, 11) is 0. The lowest BCUT2D eigenvalue weighted by Crippen LogP contribution is -2.42. The maximum absolute atomic E-state index is 13.6. The number of nitrogens with one attached hydrogen (secondary N) is 1. The third-order valence-corrected chi connectivity index (χ3v) is 7.02. The lowest BCUT2D eigenvalue weighted by molar-refractivity contribution is -0.115. The molecule has 2 aliphatic rings. The van der Waals surface area contributed by atoms with Crippen LogP contribution in [0.15, 0.2) is 18.2 Å². The Labute approximate surface area is 169 Å². The highest BCUT2D eigenvalue weighted by atomic mass is 32.1. The minimum absolute atomic E-state index is 0.128. The Kier molecular flexibility index (Phi) is 5.36. The molecule has 6 heteroatoms. The molecule has 28 heavy (non-hydrogen) atoms. The molecule has 0 fully saturated rings. The van der Waals surface area contributed by atoms with Gasteiger partial charge in [0.1, 0.15) is 16.9 Å². The molecule has 1 aliphatic carbocycles. The van der Waals surface area contributed by atoms with Crippen molar-refractivity contribution in [1.29, 1.82) is 5.26 Å². The monoisotopic (exact) mass is 397 g/mol. The molecule has 2 heterocycles. The first-order valence-electron chi connectivity index (χ1n) is 9.96. The SMILES string of the molecule is CC1CCc2cc(F)ccc2N1CC(=O)Nc1sc2c(c1C#N)CCCCC2. The van der Waals surface area contributed by atoms with Crippen molar-refractivity contribution in [1.82, 2.24) is 0 Å². The Morgan fingerprint density at radius 2 is 2.14 bits per heavy atom. The first-order chi connectivity index (χ1) is 13.6. The van der Waals surface area contributed by atoms with Gasteiger partial charge in [-0.1, -0.05) is 6.42 Å². The molecule has 1 aromatic heterocycles. The second-order valence-electron chi connectivity index (χ2n) is 7.72. The molecule has 1 unspecified atom stereocenters. The van der Waals surface area contributed by atoms with Gasteiger partial charge in [0.2, 0.25) is 5.91 Å². The van der Waals surface area contributed by atoms with Crippen LogP contribution in [0.4, 0.5) is 15.1 Å². The molecule has 1 atom stereocenters. The van der Waals surface area contributed by atoms with Gasteiger partial charge in [-0.25, -0.2) is 4.39 Å². The highest BCUT2D eigenvalue weighted by Crippen LogP contribution is 2.37. The molecule has 0 saturated carbocycles. The number of rotatable bonds is 3. The normalized spacial score (nSPS) is 18.6. The second kappa shape index (κ2) is 7.92. The number of carbonyl (C=O) groups excluding carboxylic acids is 1. The van der Waals surface area contributed by atoms with E-state index in [0.29, 0.717) is 10.6 Å². The zero-order chi connectivity index (χ0) is 19.7. The summed E-state index contributed by atoms with van der Waals surface area (Å²) in [4.78, 5) is 16.1. The zero-order valence-corrected chi connectivity index (χ0v) is 16.9. The Morgan fingerprint density at radius 1 is 1.32 bits per heavy atom. The maximum Gasteiger partial charge on any atom is 0.244 e. The Balaban J connectivity index is 1.54. The van der Waals surface area contributed by atoms with Crippen LogP contribution in [0.3, 0.4) is 0 Å². The van der Waals surface area contributed by atoms with E-state index in [1.54, 1.807) is 23.5 Å². The summed E-state index contributed by atoms with van der Waals surface area (Å²) in [6, 6.07) is 7.30. The average Bonchev–Trinajstić information content (AvgIpc) is 2.83. The summed E-state index contributed by atoms with van der Waals surface area (Å²) < 4.78 is 13.6. The number of aryl methyl sites for hydroxylation is 2. The van der Waals surface area contributed by atoms with Crippen molar-refractivity contribution in [2.24, 2.45) is 0 Å². The van der Waals surface area contributed by atoms with Crippen LogP contribution in [-0.2, 0) is 24.1 Å². The number of benzene rings is 1. The van der Waals surface area contributed by atoms with Gasteiger partial charge < -0.3 is 10.2 Å². The van der Waals surface area contributed by atoms with Gasteiger partial charge in [0.15, 0.2) is 0 Å². The first kappa shape index (κ1) is 18.9. The van der Waals surface area contributed by atoms with Crippen LogP contribution in [0.1, 0.15) is 54.2 Å². The van der Waals surface area contributed by atoms with Gasteiger partial charge in [-0.05, 0) is 74.8 Å². The number of anilines is 2. The van der Waals surface area contributed by atoms with Crippen LogP contribution in [0.25, 0.3) is 0 Å². The number of carbonyl (C=O) groups is 1. The fourth-order valence-corrected chi connectivity index (χ4v) is 5.56. The van der Waals surface area contributed by atoms with Crippen molar-refractivity contribution in [2.75, 3.05) is 16.8 Å². The third kappa shape index (κ3) is 3.64. The van der Waals surface area contributed by atoms with Gasteiger partial charge in [-0.15, -0.1) is 11.3 Å². The van der Waals surface area contributed by atoms with Crippen molar-refractivity contribution >= 4 is 27.9 Å². The fraction of sp³-hybridized carbons (Fsp3) is 0.455. The number of halogens is 1. The summed E-state index contributed by atoms with van der Waals surface area (Å²) in [5.41, 5.74) is 3.65. The van der Waals surface area contributed by atoms with Crippen molar-refractivity contribution in [3.05, 3.63) is 45.6 Å². The van der Waals surface area contributed by atoms with Gasteiger partial charge in [0.05, 0.1) is 12.1 Å². The quantitative estimate of drug-likeness (QED) is 0.757. The molecule has 0 radical (unpaired) electrons. The molecule has 0 bridgehead atoms. The van der Waals surface area contributed by atoms with E-state index in [0.717, 1.165) is 55.3 Å². The molecule has 4 rings (SSSR count). The van der Waals surface area contributed by atoms with Gasteiger partial charge >= 0.3 is 0 Å². The molecule has 4 nitrogen and oxygen atoms in total. The van der Waals surface area contributed by atoms with Gasteiger partial charge in [0.25, 0.3) is 0 Å². The molecule has 0 spiro atoms. The largest absolute Gasteiger partial charge is 0.359 e. The standard InChI is InChI=1S/C22H24FN3OS/c1-14-7-8-15-11-16(23)9-10-19(15)26(14)13-21(27)25-22-18(12-24)17-5-3-2-4-6-20(17)28-22/h9-11,14H,2-8,13H2,1H3,(H,25,27). The maximum atomic E-state index is 13.6. The van der Waals surface area contributed by atoms with Crippen LogP contribution in [0.5, 0.6) is 0 Å². The average molecular weight is 398 g/mol. The van der Waals surface area contributed by atoms with E-state index in [1.807, 2.05) is 4.90 Å². The Bertz CT molecular complexity index is 946. The lowest BCUT2D eigenvalue weighted by Gasteiger charge is -2.36. The summed E-state index contributed by atoms with van der Waals surface area (Å²) in [5, 5.41) is 13.3. The second-order valence-corrected chi connectivity index (χ2v) is 8.82. The van der Waals surface area contributed by atoms with Gasteiger partial charge in [-0.2, -0.15) is 5.26 Å². The molecular formula is C22H24FN3OS. The minimum atomic E-state index is -0.239. The van der Waals surface area contributed by atoms with E-state index < -0.39 is 0 Å². The summed E-state index contributed by atoms with van der Waals surface area (Å²) in [6.45, 7) is 2.29. The van der Waals surface area contributed by atoms with Crippen molar-refractivity contribution in [3.8, 4) is 6.07 Å². The van der Waals surface area contributed by atoms with E-state index in [2.05, 4.69) is 18.3 Å². The van der Waals surface area contributed by atoms with Gasteiger partial charge in [0, 0.05) is 16.6 Å². The number of nitrogens with zero attached hydrogens (tertiary/aromatic N) is 2. The molecule has 1 aliphatic heterocycles. The molecule has 1 amide bonds. The molecule has 2 aromatic rings. The Morgan fingerprint density at radius 3 is 2.96 bits per heavy atom. The third-order valence-electron chi connectivity index (χ3n) is 5.81. The van der Waals surface area contributed by atoms with E-state index in [4.69, 9.17) is 0 Å². The number of hydrogen-bond donors (Lipinski definition) is 1. The van der Waals surface area contributed by atoms with Crippen molar-refractivity contribution in [3.63, 3.8) is 0 Å². The molecule has 0 saturated heterocycles. The van der Waals surface area contributed by atoms with Crippen LogP contribution in [0, 0.1) is 17.1 Å². The summed E-state index contributed by atoms with van der Waals surface area (Å²) >= 11 is 1.56. The fourth-order valence-electron chi connectivity index (χ4n) is 4.30. The molecule has 146 valence electrons. The van der Waals surface area contributed by atoms with Crippen LogP contribution < -0.4 is 10.2 Å². The molecule has 1 aromatic carbocycles. The minimum Gasteiger partial charge on any atom is -0.359 e.